The summed E-state index contributed by atoms with van der Waals surface area (Å²) in [6.07, 6.45) is -0.998. The summed E-state index contributed by atoms with van der Waals surface area (Å²) in [5, 5.41) is 10.4. The molecule has 3 nitrogen and oxygen atoms in total. The number of rotatable bonds is 4. The first-order chi connectivity index (χ1) is 9.56. The van der Waals surface area contributed by atoms with Gasteiger partial charge in [0.15, 0.2) is 0 Å². The standard InChI is InChI=1S/C15H14BrFO3/c1-19-10-4-6-14(20-2)11(8-10)15(18)9-3-5-12(16)13(17)7-9/h3-8,15,18H,1-2H3. The Balaban J connectivity index is 2.45. The first-order valence-electron chi connectivity index (χ1n) is 5.91. The number of methoxy groups -OCH3 is 2. The summed E-state index contributed by atoms with van der Waals surface area (Å²) < 4.78 is 24.3. The summed E-state index contributed by atoms with van der Waals surface area (Å²) in [7, 11) is 3.05. The molecule has 20 heavy (non-hydrogen) atoms. The Morgan fingerprint density at radius 3 is 2.45 bits per heavy atom. The predicted molar refractivity (Wildman–Crippen MR) is 77.7 cm³/mol. The zero-order valence-electron chi connectivity index (χ0n) is 11.1. The number of hydrogen-bond acceptors (Lipinski definition) is 3. The molecule has 0 aliphatic carbocycles. The molecule has 1 unspecified atom stereocenters. The van der Waals surface area contributed by atoms with Crippen LogP contribution in [0.3, 0.4) is 0 Å². The molecular weight excluding hydrogens is 327 g/mol. The molecule has 0 spiro atoms. The minimum atomic E-state index is -0.998. The van der Waals surface area contributed by atoms with Crippen molar-refractivity contribution >= 4 is 15.9 Å². The second-order valence-corrected chi connectivity index (χ2v) is 5.04. The molecule has 5 heteroatoms. The molecule has 1 atom stereocenters. The topological polar surface area (TPSA) is 38.7 Å². The third-order valence-electron chi connectivity index (χ3n) is 2.99. The van der Waals surface area contributed by atoms with Crippen molar-refractivity contribution < 1.29 is 19.0 Å². The third-order valence-corrected chi connectivity index (χ3v) is 3.63. The van der Waals surface area contributed by atoms with Gasteiger partial charge in [-0.05, 0) is 51.8 Å². The zero-order chi connectivity index (χ0) is 14.7. The van der Waals surface area contributed by atoms with E-state index in [0.29, 0.717) is 27.1 Å². The highest BCUT2D eigenvalue weighted by atomic mass is 79.9. The van der Waals surface area contributed by atoms with E-state index < -0.39 is 11.9 Å². The Morgan fingerprint density at radius 2 is 1.85 bits per heavy atom. The van der Waals surface area contributed by atoms with Crippen molar-refractivity contribution in [3.63, 3.8) is 0 Å². The van der Waals surface area contributed by atoms with Crippen LogP contribution in [0, 0.1) is 5.82 Å². The highest BCUT2D eigenvalue weighted by molar-refractivity contribution is 9.10. The van der Waals surface area contributed by atoms with Crippen molar-refractivity contribution in [2.45, 2.75) is 6.10 Å². The lowest BCUT2D eigenvalue weighted by atomic mass is 10.0. The van der Waals surface area contributed by atoms with E-state index in [-0.39, 0.29) is 0 Å². The second-order valence-electron chi connectivity index (χ2n) is 4.18. The quantitative estimate of drug-likeness (QED) is 0.922. The molecule has 2 rings (SSSR count). The Kier molecular flexibility index (Phi) is 4.62. The zero-order valence-corrected chi connectivity index (χ0v) is 12.6. The van der Waals surface area contributed by atoms with Gasteiger partial charge in [0, 0.05) is 5.56 Å². The predicted octanol–water partition coefficient (Wildman–Crippen LogP) is 3.69. The summed E-state index contributed by atoms with van der Waals surface area (Å²) in [5.74, 6) is 0.683. The molecule has 1 N–H and O–H groups in total. The molecule has 0 heterocycles. The van der Waals surface area contributed by atoms with Crippen molar-refractivity contribution in [3.8, 4) is 11.5 Å². The molecule has 2 aromatic rings. The Labute approximate surface area is 125 Å². The number of benzene rings is 2. The van der Waals surface area contributed by atoms with E-state index in [9.17, 15) is 9.50 Å². The lowest BCUT2D eigenvalue weighted by molar-refractivity contribution is 0.213. The molecule has 0 saturated carbocycles. The third kappa shape index (κ3) is 2.94. The molecule has 106 valence electrons. The Morgan fingerprint density at radius 1 is 1.10 bits per heavy atom. The highest BCUT2D eigenvalue weighted by Crippen LogP contribution is 2.33. The number of hydrogen-bond donors (Lipinski definition) is 1. The number of aliphatic hydroxyl groups excluding tert-OH is 1. The average molecular weight is 341 g/mol. The van der Waals surface area contributed by atoms with Gasteiger partial charge in [-0.3, -0.25) is 0 Å². The smallest absolute Gasteiger partial charge is 0.137 e. The number of halogens is 2. The molecule has 0 bridgehead atoms. The maximum Gasteiger partial charge on any atom is 0.137 e. The molecule has 0 saturated heterocycles. The van der Waals surface area contributed by atoms with E-state index in [1.807, 2.05) is 0 Å². The van der Waals surface area contributed by atoms with Gasteiger partial charge in [-0.1, -0.05) is 6.07 Å². The first-order valence-corrected chi connectivity index (χ1v) is 6.71. The molecule has 0 radical (unpaired) electrons. The number of aliphatic hydroxyl groups is 1. The molecule has 0 fully saturated rings. The molecule has 0 aliphatic rings. The van der Waals surface area contributed by atoms with Crippen molar-refractivity contribution in [1.29, 1.82) is 0 Å². The van der Waals surface area contributed by atoms with E-state index in [1.54, 1.807) is 30.3 Å². The van der Waals surface area contributed by atoms with Crippen LogP contribution < -0.4 is 9.47 Å². The molecule has 2 aromatic carbocycles. The number of ether oxygens (including phenoxy) is 2. The van der Waals surface area contributed by atoms with Gasteiger partial charge in [0.2, 0.25) is 0 Å². The van der Waals surface area contributed by atoms with E-state index in [4.69, 9.17) is 9.47 Å². The largest absolute Gasteiger partial charge is 0.497 e. The van der Waals surface area contributed by atoms with Gasteiger partial charge >= 0.3 is 0 Å². The van der Waals surface area contributed by atoms with Crippen LogP contribution in [0.25, 0.3) is 0 Å². The van der Waals surface area contributed by atoms with Gasteiger partial charge < -0.3 is 14.6 Å². The van der Waals surface area contributed by atoms with Gasteiger partial charge in [0.25, 0.3) is 0 Å². The van der Waals surface area contributed by atoms with E-state index in [0.717, 1.165) is 0 Å². The fourth-order valence-corrected chi connectivity index (χ4v) is 2.16. The van der Waals surface area contributed by atoms with Crippen LogP contribution in [0.4, 0.5) is 4.39 Å². The fourth-order valence-electron chi connectivity index (χ4n) is 1.92. The van der Waals surface area contributed by atoms with E-state index in [1.165, 1.54) is 20.3 Å². The van der Waals surface area contributed by atoms with Crippen molar-refractivity contribution in [3.05, 3.63) is 57.8 Å². The minimum absolute atomic E-state index is 0.353. The average Bonchev–Trinajstić information content (AvgIpc) is 2.48. The summed E-state index contributed by atoms with van der Waals surface area (Å²) in [6.45, 7) is 0. The summed E-state index contributed by atoms with van der Waals surface area (Å²) in [6, 6.07) is 9.60. The molecule has 0 aromatic heterocycles. The van der Waals surface area contributed by atoms with Crippen LogP contribution in [-0.2, 0) is 0 Å². The SMILES string of the molecule is COc1ccc(OC)c(C(O)c2ccc(Br)c(F)c2)c1. The van der Waals surface area contributed by atoms with Crippen LogP contribution in [-0.4, -0.2) is 19.3 Å². The first kappa shape index (κ1) is 14.8. The summed E-state index contributed by atoms with van der Waals surface area (Å²) in [4.78, 5) is 0. The van der Waals surface area contributed by atoms with Crippen molar-refractivity contribution in [2.24, 2.45) is 0 Å². The highest BCUT2D eigenvalue weighted by Gasteiger charge is 2.17. The van der Waals surface area contributed by atoms with Crippen LogP contribution in [0.2, 0.25) is 0 Å². The van der Waals surface area contributed by atoms with Crippen molar-refractivity contribution in [1.82, 2.24) is 0 Å². The lowest BCUT2D eigenvalue weighted by Gasteiger charge is -2.16. The summed E-state index contributed by atoms with van der Waals surface area (Å²) >= 11 is 3.08. The van der Waals surface area contributed by atoms with Crippen molar-refractivity contribution in [2.75, 3.05) is 14.2 Å². The normalized spacial score (nSPS) is 12.1. The van der Waals surface area contributed by atoms with Crippen LogP contribution in [0.1, 0.15) is 17.2 Å². The van der Waals surface area contributed by atoms with Crippen LogP contribution in [0.5, 0.6) is 11.5 Å². The molecule has 0 amide bonds. The Bertz CT molecular complexity index is 616. The van der Waals surface area contributed by atoms with Gasteiger partial charge in [-0.25, -0.2) is 4.39 Å². The minimum Gasteiger partial charge on any atom is -0.497 e. The van der Waals surface area contributed by atoms with E-state index >= 15 is 0 Å². The summed E-state index contributed by atoms with van der Waals surface area (Å²) in [5.41, 5.74) is 0.964. The van der Waals surface area contributed by atoms with Gasteiger partial charge in [-0.2, -0.15) is 0 Å². The van der Waals surface area contributed by atoms with Gasteiger partial charge in [0.05, 0.1) is 18.7 Å². The molecular formula is C15H14BrFO3. The second kappa shape index (κ2) is 6.24. The maximum atomic E-state index is 13.6. The lowest BCUT2D eigenvalue weighted by Crippen LogP contribution is -2.03. The maximum absolute atomic E-state index is 13.6. The Hall–Kier alpha value is -1.59. The fraction of sp³-hybridized carbons (Fsp3) is 0.200. The van der Waals surface area contributed by atoms with Crippen LogP contribution >= 0.6 is 15.9 Å². The van der Waals surface area contributed by atoms with Gasteiger partial charge in [0.1, 0.15) is 23.4 Å². The van der Waals surface area contributed by atoms with E-state index in [2.05, 4.69) is 15.9 Å². The molecule has 0 aliphatic heterocycles. The van der Waals surface area contributed by atoms with Gasteiger partial charge in [-0.15, -0.1) is 0 Å². The van der Waals surface area contributed by atoms with Crippen LogP contribution in [0.15, 0.2) is 40.9 Å². The monoisotopic (exact) mass is 340 g/mol.